The highest BCUT2D eigenvalue weighted by molar-refractivity contribution is 5.69. The van der Waals surface area contributed by atoms with E-state index in [1.54, 1.807) is 6.92 Å². The van der Waals surface area contributed by atoms with Gasteiger partial charge in [0.25, 0.3) is 0 Å². The lowest BCUT2D eigenvalue weighted by atomic mass is 10.1. The molecule has 1 aromatic carbocycles. The van der Waals surface area contributed by atoms with Crippen molar-refractivity contribution in [2.24, 2.45) is 0 Å². The van der Waals surface area contributed by atoms with Gasteiger partial charge in [0.2, 0.25) is 0 Å². The Kier molecular flexibility index (Phi) is 8.03. The third-order valence-electron chi connectivity index (χ3n) is 1.94. The summed E-state index contributed by atoms with van der Waals surface area (Å²) < 4.78 is 4.32. The summed E-state index contributed by atoms with van der Waals surface area (Å²) in [6.45, 7) is 12.3. The minimum Gasteiger partial charge on any atom is -0.435 e. The first-order valence-corrected chi connectivity index (χ1v) is 5.33. The van der Waals surface area contributed by atoms with Crippen molar-refractivity contribution in [3.05, 3.63) is 61.4 Å². The van der Waals surface area contributed by atoms with E-state index in [9.17, 15) is 4.79 Å². The second-order valence-electron chi connectivity index (χ2n) is 3.05. The van der Waals surface area contributed by atoms with Crippen molar-refractivity contribution in [2.75, 3.05) is 0 Å². The zero-order chi connectivity index (χ0) is 13.1. The monoisotopic (exact) mass is 230 g/mol. The number of ether oxygens (including phenoxy) is 1. The highest BCUT2D eigenvalue weighted by atomic mass is 16.5. The van der Waals surface area contributed by atoms with Crippen molar-refractivity contribution in [1.82, 2.24) is 0 Å². The van der Waals surface area contributed by atoms with Crippen LogP contribution in [-0.2, 0) is 9.53 Å². The van der Waals surface area contributed by atoms with E-state index in [1.807, 2.05) is 36.4 Å². The van der Waals surface area contributed by atoms with Gasteiger partial charge in [-0.25, -0.2) is 0 Å². The van der Waals surface area contributed by atoms with Crippen molar-refractivity contribution < 1.29 is 9.53 Å². The number of carbonyl (C=O) groups excluding carboxylic acids is 1. The third kappa shape index (κ3) is 6.15. The van der Waals surface area contributed by atoms with Crippen molar-refractivity contribution in [1.29, 1.82) is 0 Å². The van der Waals surface area contributed by atoms with Gasteiger partial charge in [-0.05, 0) is 11.1 Å². The lowest BCUT2D eigenvalue weighted by Crippen LogP contribution is -1.94. The molecule has 0 atom stereocenters. The number of esters is 1. The van der Waals surface area contributed by atoms with Crippen LogP contribution in [0.1, 0.15) is 24.5 Å². The van der Waals surface area contributed by atoms with Gasteiger partial charge in [-0.15, -0.1) is 0 Å². The molecule has 2 nitrogen and oxygen atoms in total. The van der Waals surface area contributed by atoms with Gasteiger partial charge >= 0.3 is 5.97 Å². The molecule has 17 heavy (non-hydrogen) atoms. The van der Waals surface area contributed by atoms with Crippen LogP contribution >= 0.6 is 0 Å². The van der Waals surface area contributed by atoms with Gasteiger partial charge in [-0.2, -0.15) is 0 Å². The maximum Gasteiger partial charge on any atom is 0.310 e. The van der Waals surface area contributed by atoms with Crippen LogP contribution in [0.4, 0.5) is 0 Å². The van der Waals surface area contributed by atoms with Gasteiger partial charge < -0.3 is 4.74 Å². The minimum atomic E-state index is -0.241. The topological polar surface area (TPSA) is 26.3 Å². The Morgan fingerprint density at radius 2 is 1.65 bits per heavy atom. The highest BCUT2D eigenvalue weighted by Crippen LogP contribution is 2.10. The highest BCUT2D eigenvalue weighted by Gasteiger charge is 1.90. The van der Waals surface area contributed by atoms with E-state index < -0.39 is 0 Å². The van der Waals surface area contributed by atoms with E-state index in [1.165, 1.54) is 0 Å². The average molecular weight is 230 g/mol. The predicted molar refractivity (Wildman–Crippen MR) is 73.2 cm³/mol. The van der Waals surface area contributed by atoms with Crippen LogP contribution in [-0.4, -0.2) is 5.97 Å². The summed E-state index contributed by atoms with van der Waals surface area (Å²) in [5, 5.41) is 0. The molecule has 0 heterocycles. The van der Waals surface area contributed by atoms with Crippen LogP contribution in [0, 0.1) is 0 Å². The summed E-state index contributed by atoms with van der Waals surface area (Å²) in [6, 6.07) is 8.02. The van der Waals surface area contributed by atoms with E-state index in [0.717, 1.165) is 17.4 Å². The summed E-state index contributed by atoms with van der Waals surface area (Å²) in [5.41, 5.74) is 2.27. The summed E-state index contributed by atoms with van der Waals surface area (Å²) in [4.78, 5) is 10.1. The van der Waals surface area contributed by atoms with E-state index >= 15 is 0 Å². The maximum absolute atomic E-state index is 10.1. The fourth-order valence-corrected chi connectivity index (χ4v) is 1.06. The Bertz CT molecular complexity index is 365. The molecule has 1 rings (SSSR count). The van der Waals surface area contributed by atoms with E-state index in [0.29, 0.717) is 6.42 Å². The second-order valence-corrected chi connectivity index (χ2v) is 3.05. The summed E-state index contributed by atoms with van der Waals surface area (Å²) in [7, 11) is 0. The van der Waals surface area contributed by atoms with Crippen molar-refractivity contribution in [3.63, 3.8) is 0 Å². The molecule has 2 heteroatoms. The van der Waals surface area contributed by atoms with Crippen LogP contribution in [0.25, 0.3) is 12.2 Å². The predicted octanol–water partition coefficient (Wildman–Crippen LogP) is 4.06. The number of hydrogen-bond acceptors (Lipinski definition) is 2. The van der Waals surface area contributed by atoms with E-state index in [4.69, 9.17) is 0 Å². The molecule has 0 radical (unpaired) electrons. The summed E-state index contributed by atoms with van der Waals surface area (Å²) in [5.74, 6) is -0.241. The van der Waals surface area contributed by atoms with Gasteiger partial charge in [-0.1, -0.05) is 63.1 Å². The van der Waals surface area contributed by atoms with Crippen LogP contribution in [0.2, 0.25) is 0 Å². The van der Waals surface area contributed by atoms with Gasteiger partial charge in [-0.3, -0.25) is 4.79 Å². The molecule has 0 amide bonds. The van der Waals surface area contributed by atoms with Crippen LogP contribution in [0.15, 0.2) is 50.3 Å². The molecule has 0 aliphatic rings. The Morgan fingerprint density at radius 1 is 1.18 bits per heavy atom. The zero-order valence-corrected chi connectivity index (χ0v) is 10.2. The fourth-order valence-electron chi connectivity index (χ4n) is 1.06. The molecule has 0 N–H and O–H groups in total. The number of carbonyl (C=O) groups is 1. The number of hydrogen-bond donors (Lipinski definition) is 0. The van der Waals surface area contributed by atoms with Crippen molar-refractivity contribution in [3.8, 4) is 0 Å². The van der Waals surface area contributed by atoms with Gasteiger partial charge in [0.15, 0.2) is 0 Å². The van der Waals surface area contributed by atoms with Crippen molar-refractivity contribution in [2.45, 2.75) is 13.3 Å². The maximum atomic E-state index is 10.1. The number of benzene rings is 1. The molecule has 0 spiro atoms. The largest absolute Gasteiger partial charge is 0.435 e. The van der Waals surface area contributed by atoms with Gasteiger partial charge in [0.05, 0.1) is 6.26 Å². The quantitative estimate of drug-likeness (QED) is 0.576. The minimum absolute atomic E-state index is 0.241. The molecule has 0 aromatic heterocycles. The molecule has 1 aromatic rings. The SMILES string of the molecule is C=COC(=O)CC.C=Cc1ccccc1C=C. The smallest absolute Gasteiger partial charge is 0.310 e. The zero-order valence-electron chi connectivity index (χ0n) is 10.2. The molecule has 90 valence electrons. The van der Waals surface area contributed by atoms with E-state index in [2.05, 4.69) is 24.5 Å². The molecule has 0 unspecified atom stereocenters. The average Bonchev–Trinajstić information content (AvgIpc) is 2.39. The summed E-state index contributed by atoms with van der Waals surface area (Å²) >= 11 is 0. The molecule has 0 saturated carbocycles. The normalized spacial score (nSPS) is 8.29. The molecule has 0 aliphatic carbocycles. The Labute approximate surface area is 103 Å². The van der Waals surface area contributed by atoms with Crippen molar-refractivity contribution >= 4 is 18.1 Å². The Balaban J connectivity index is 0.000000325. The molecule has 0 bridgehead atoms. The molecular formula is C15H18O2. The lowest BCUT2D eigenvalue weighted by molar-refractivity contribution is -0.137. The van der Waals surface area contributed by atoms with Crippen LogP contribution in [0.5, 0.6) is 0 Å². The first-order valence-electron chi connectivity index (χ1n) is 5.33. The fraction of sp³-hybridized carbons (Fsp3) is 0.133. The van der Waals surface area contributed by atoms with Gasteiger partial charge in [0.1, 0.15) is 0 Å². The Hall–Kier alpha value is -2.09. The Morgan fingerprint density at radius 3 is 1.88 bits per heavy atom. The summed E-state index contributed by atoms with van der Waals surface area (Å²) in [6.07, 6.45) is 5.20. The first-order chi connectivity index (χ1) is 8.19. The first kappa shape index (κ1) is 14.9. The van der Waals surface area contributed by atoms with Gasteiger partial charge in [0, 0.05) is 6.42 Å². The molecule has 0 fully saturated rings. The van der Waals surface area contributed by atoms with Crippen LogP contribution < -0.4 is 0 Å². The standard InChI is InChI=1S/C10H10.C5H8O2/c1-3-9-7-5-6-8-10(9)4-2;1-3-5(6)7-4-2/h3-8H,1-2H2;4H,2-3H2,1H3. The molecule has 0 saturated heterocycles. The third-order valence-corrected chi connectivity index (χ3v) is 1.94. The lowest BCUT2D eigenvalue weighted by Gasteiger charge is -1.96. The van der Waals surface area contributed by atoms with E-state index in [-0.39, 0.29) is 5.97 Å². The molecular weight excluding hydrogens is 212 g/mol. The number of rotatable bonds is 4. The molecule has 0 aliphatic heterocycles. The second kappa shape index (κ2) is 9.16. The van der Waals surface area contributed by atoms with Crippen LogP contribution in [0.3, 0.4) is 0 Å².